The number of hydrogen-bond donors (Lipinski definition) is 2. The molecule has 98 valence electrons. The van der Waals surface area contributed by atoms with Crippen LogP contribution in [0.5, 0.6) is 0 Å². The van der Waals surface area contributed by atoms with Gasteiger partial charge in [-0.3, -0.25) is 4.55 Å². The molecule has 2 N–H and O–H groups in total. The number of aliphatic hydroxyl groups is 1. The molecule has 0 bridgehead atoms. The molecule has 0 heterocycles. The average molecular weight is 258 g/mol. The van der Waals surface area contributed by atoms with Gasteiger partial charge < -0.3 is 14.6 Å². The van der Waals surface area contributed by atoms with Gasteiger partial charge in [0.15, 0.2) is 0 Å². The molecule has 0 fully saturated rings. The Kier molecular flexibility index (Phi) is 8.71. The molecule has 0 aliphatic heterocycles. The number of rotatable bonds is 10. The van der Waals surface area contributed by atoms with Gasteiger partial charge in [-0.15, -0.1) is 0 Å². The fourth-order valence-corrected chi connectivity index (χ4v) is 1.32. The van der Waals surface area contributed by atoms with Crippen LogP contribution in [0.1, 0.15) is 13.3 Å². The van der Waals surface area contributed by atoms with Crippen molar-refractivity contribution in [1.29, 1.82) is 0 Å². The Morgan fingerprint density at radius 2 is 2.00 bits per heavy atom. The second-order valence-corrected chi connectivity index (χ2v) is 4.01. The van der Waals surface area contributed by atoms with Crippen LogP contribution in [0.4, 0.5) is 0 Å². The summed E-state index contributed by atoms with van der Waals surface area (Å²) in [7, 11) is -4.43. The topological polar surface area (TPSA) is 102 Å². The fraction of sp³-hybridized carbons (Fsp3) is 1.00. The molecule has 0 aliphatic carbocycles. The van der Waals surface area contributed by atoms with Gasteiger partial charge in [-0.25, -0.2) is 4.18 Å². The van der Waals surface area contributed by atoms with E-state index in [1.54, 1.807) is 6.92 Å². The summed E-state index contributed by atoms with van der Waals surface area (Å²) in [4.78, 5) is 0. The highest BCUT2D eigenvalue weighted by Crippen LogP contribution is 2.02. The first kappa shape index (κ1) is 15.8. The van der Waals surface area contributed by atoms with Gasteiger partial charge in [0.2, 0.25) is 0 Å². The second kappa shape index (κ2) is 8.85. The Balaban J connectivity index is 3.79. The molecule has 0 saturated heterocycles. The SMILES string of the molecule is CCOC(CCOCCO)COS(=O)(=O)O. The van der Waals surface area contributed by atoms with Crippen molar-refractivity contribution in [2.75, 3.05) is 33.0 Å². The number of aliphatic hydroxyl groups excluding tert-OH is 1. The van der Waals surface area contributed by atoms with Crippen molar-refractivity contribution in [2.45, 2.75) is 19.4 Å². The van der Waals surface area contributed by atoms with Crippen molar-refractivity contribution in [3.63, 3.8) is 0 Å². The summed E-state index contributed by atoms with van der Waals surface area (Å²) < 4.78 is 43.4. The number of hydrogen-bond acceptors (Lipinski definition) is 6. The van der Waals surface area contributed by atoms with Gasteiger partial charge in [-0.1, -0.05) is 0 Å². The smallest absolute Gasteiger partial charge is 0.394 e. The predicted octanol–water partition coefficient (Wildman–Crippen LogP) is -0.390. The van der Waals surface area contributed by atoms with E-state index in [2.05, 4.69) is 4.18 Å². The van der Waals surface area contributed by atoms with Crippen LogP contribution in [0.3, 0.4) is 0 Å². The van der Waals surface area contributed by atoms with Gasteiger partial charge in [-0.2, -0.15) is 8.42 Å². The molecule has 0 aliphatic rings. The van der Waals surface area contributed by atoms with E-state index in [1.807, 2.05) is 0 Å². The van der Waals surface area contributed by atoms with Crippen molar-refractivity contribution >= 4 is 10.4 Å². The molecule has 0 rings (SSSR count). The van der Waals surface area contributed by atoms with Crippen molar-refractivity contribution in [1.82, 2.24) is 0 Å². The van der Waals surface area contributed by atoms with Crippen LogP contribution in [0.25, 0.3) is 0 Å². The zero-order chi connectivity index (χ0) is 12.4. The predicted molar refractivity (Wildman–Crippen MR) is 55.4 cm³/mol. The fourth-order valence-electron chi connectivity index (χ4n) is 0.994. The third-order valence-electron chi connectivity index (χ3n) is 1.63. The lowest BCUT2D eigenvalue weighted by molar-refractivity contribution is -0.00317. The molecule has 1 atom stereocenters. The lowest BCUT2D eigenvalue weighted by Gasteiger charge is -2.15. The maximum absolute atomic E-state index is 10.3. The van der Waals surface area contributed by atoms with Gasteiger partial charge in [0, 0.05) is 13.2 Å². The molecule has 0 aromatic heterocycles. The summed E-state index contributed by atoms with van der Waals surface area (Å²) in [5.41, 5.74) is 0. The lowest BCUT2D eigenvalue weighted by Crippen LogP contribution is -2.24. The minimum atomic E-state index is -4.43. The highest BCUT2D eigenvalue weighted by Gasteiger charge is 2.13. The first-order chi connectivity index (χ1) is 7.49. The zero-order valence-corrected chi connectivity index (χ0v) is 9.98. The van der Waals surface area contributed by atoms with E-state index in [9.17, 15) is 8.42 Å². The largest absolute Gasteiger partial charge is 0.397 e. The van der Waals surface area contributed by atoms with Crippen LogP contribution in [0.15, 0.2) is 0 Å². The van der Waals surface area contributed by atoms with Crippen LogP contribution in [-0.2, 0) is 24.1 Å². The van der Waals surface area contributed by atoms with Gasteiger partial charge in [0.1, 0.15) is 0 Å². The zero-order valence-electron chi connectivity index (χ0n) is 9.16. The minimum absolute atomic E-state index is 0.0686. The van der Waals surface area contributed by atoms with E-state index < -0.39 is 16.5 Å². The standard InChI is InChI=1S/C8H18O7S/c1-2-14-8(3-5-13-6-4-9)7-15-16(10,11)12/h8-9H,2-7H2,1H3,(H,10,11,12). The molecular weight excluding hydrogens is 240 g/mol. The third kappa shape index (κ3) is 10.3. The highest BCUT2D eigenvalue weighted by molar-refractivity contribution is 7.80. The molecule has 0 amide bonds. The molecule has 8 heteroatoms. The summed E-state index contributed by atoms with van der Waals surface area (Å²) in [6.07, 6.45) is -0.0470. The molecule has 0 radical (unpaired) electrons. The van der Waals surface area contributed by atoms with Crippen molar-refractivity contribution < 1.29 is 31.7 Å². The Labute approximate surface area is 95.3 Å². The maximum atomic E-state index is 10.3. The Morgan fingerprint density at radius 1 is 1.31 bits per heavy atom. The van der Waals surface area contributed by atoms with E-state index in [4.69, 9.17) is 19.1 Å². The van der Waals surface area contributed by atoms with E-state index in [0.717, 1.165) is 0 Å². The quantitative estimate of drug-likeness (QED) is 0.406. The summed E-state index contributed by atoms with van der Waals surface area (Å²) in [5, 5.41) is 8.45. The molecular formula is C8H18O7S. The molecule has 0 saturated carbocycles. The van der Waals surface area contributed by atoms with E-state index in [1.165, 1.54) is 0 Å². The van der Waals surface area contributed by atoms with Crippen molar-refractivity contribution in [2.24, 2.45) is 0 Å². The van der Waals surface area contributed by atoms with Crippen molar-refractivity contribution in [3.8, 4) is 0 Å². The molecule has 16 heavy (non-hydrogen) atoms. The summed E-state index contributed by atoms with van der Waals surface area (Å²) in [6.45, 7) is 2.38. The normalized spacial score (nSPS) is 13.9. The summed E-state index contributed by atoms with van der Waals surface area (Å²) in [6, 6.07) is 0. The molecule has 0 aromatic rings. The van der Waals surface area contributed by atoms with Gasteiger partial charge in [0.05, 0.1) is 25.9 Å². The van der Waals surface area contributed by atoms with Crippen LogP contribution < -0.4 is 0 Å². The van der Waals surface area contributed by atoms with Gasteiger partial charge in [0.25, 0.3) is 0 Å². The molecule has 0 spiro atoms. The van der Waals surface area contributed by atoms with Crippen LogP contribution in [0.2, 0.25) is 0 Å². The van der Waals surface area contributed by atoms with Crippen LogP contribution in [-0.4, -0.2) is 57.2 Å². The van der Waals surface area contributed by atoms with Gasteiger partial charge >= 0.3 is 10.4 Å². The van der Waals surface area contributed by atoms with E-state index in [0.29, 0.717) is 19.6 Å². The van der Waals surface area contributed by atoms with Crippen molar-refractivity contribution in [3.05, 3.63) is 0 Å². The Morgan fingerprint density at radius 3 is 2.50 bits per heavy atom. The first-order valence-electron chi connectivity index (χ1n) is 4.91. The monoisotopic (exact) mass is 258 g/mol. The van der Waals surface area contributed by atoms with Crippen LogP contribution in [0, 0.1) is 0 Å². The first-order valence-corrected chi connectivity index (χ1v) is 6.28. The summed E-state index contributed by atoms with van der Waals surface area (Å²) >= 11 is 0. The summed E-state index contributed by atoms with van der Waals surface area (Å²) in [5.74, 6) is 0. The van der Waals surface area contributed by atoms with E-state index >= 15 is 0 Å². The maximum Gasteiger partial charge on any atom is 0.397 e. The van der Waals surface area contributed by atoms with Gasteiger partial charge in [-0.05, 0) is 13.3 Å². The number of ether oxygens (including phenoxy) is 2. The molecule has 1 unspecified atom stereocenters. The second-order valence-electron chi connectivity index (χ2n) is 2.91. The van der Waals surface area contributed by atoms with E-state index in [-0.39, 0.29) is 19.8 Å². The lowest BCUT2D eigenvalue weighted by atomic mass is 10.3. The molecule has 7 nitrogen and oxygen atoms in total. The average Bonchev–Trinajstić information content (AvgIpc) is 2.19. The highest BCUT2D eigenvalue weighted by atomic mass is 32.3. The third-order valence-corrected chi connectivity index (χ3v) is 2.06. The minimum Gasteiger partial charge on any atom is -0.394 e. The molecule has 0 aromatic carbocycles. The van der Waals surface area contributed by atoms with Crippen LogP contribution >= 0.6 is 0 Å². The Bertz CT molecular complexity index is 251. The Hall–Kier alpha value is -0.250.